The van der Waals surface area contributed by atoms with Crippen molar-refractivity contribution in [1.82, 2.24) is 10.6 Å². The Morgan fingerprint density at radius 3 is 2.54 bits per heavy atom. The molecule has 1 aliphatic carbocycles. The van der Waals surface area contributed by atoms with Gasteiger partial charge < -0.3 is 15.4 Å². The zero-order valence-electron chi connectivity index (χ0n) is 16.1. The molecule has 5 nitrogen and oxygen atoms in total. The van der Waals surface area contributed by atoms with E-state index < -0.39 is 0 Å². The number of para-hydroxylation sites is 1. The SMILES string of the molecule is CCC(C)c1ccccc1OCC(=O)NCCNC(=O)C1CCCCC1. The predicted octanol–water partition coefficient (Wildman–Crippen LogP) is 3.39. The standard InChI is InChI=1S/C21H32N2O3/c1-3-16(2)18-11-7-8-12-19(18)26-15-20(24)22-13-14-23-21(25)17-9-5-4-6-10-17/h7-8,11-12,16-17H,3-6,9-10,13-15H2,1-2H3,(H,22,24)(H,23,25). The van der Waals surface area contributed by atoms with E-state index in [1.807, 2.05) is 24.3 Å². The number of ether oxygens (including phenoxy) is 1. The van der Waals surface area contributed by atoms with Gasteiger partial charge in [-0.25, -0.2) is 0 Å². The Balaban J connectivity index is 1.66. The van der Waals surface area contributed by atoms with Crippen LogP contribution in [0, 0.1) is 5.92 Å². The molecule has 1 atom stereocenters. The van der Waals surface area contributed by atoms with Crippen LogP contribution in [0.4, 0.5) is 0 Å². The van der Waals surface area contributed by atoms with E-state index in [0.29, 0.717) is 19.0 Å². The van der Waals surface area contributed by atoms with Crippen molar-refractivity contribution >= 4 is 11.8 Å². The fourth-order valence-electron chi connectivity index (χ4n) is 3.33. The second kappa shape index (κ2) is 10.8. The molecule has 0 aromatic heterocycles. The molecule has 1 fully saturated rings. The van der Waals surface area contributed by atoms with Crippen molar-refractivity contribution in [3.05, 3.63) is 29.8 Å². The molecule has 144 valence electrons. The molecule has 1 aliphatic rings. The molecule has 5 heteroatoms. The van der Waals surface area contributed by atoms with Crippen molar-refractivity contribution in [3.63, 3.8) is 0 Å². The molecule has 1 aromatic rings. The van der Waals surface area contributed by atoms with Gasteiger partial charge in [-0.05, 0) is 36.8 Å². The average Bonchev–Trinajstić information content (AvgIpc) is 2.69. The number of benzene rings is 1. The largest absolute Gasteiger partial charge is 0.483 e. The molecule has 0 aliphatic heterocycles. The quantitative estimate of drug-likeness (QED) is 0.663. The maximum Gasteiger partial charge on any atom is 0.258 e. The highest BCUT2D eigenvalue weighted by atomic mass is 16.5. The van der Waals surface area contributed by atoms with Crippen LogP contribution < -0.4 is 15.4 Å². The molecule has 2 N–H and O–H groups in total. The van der Waals surface area contributed by atoms with E-state index in [1.54, 1.807) is 0 Å². The lowest BCUT2D eigenvalue weighted by molar-refractivity contribution is -0.126. The summed E-state index contributed by atoms with van der Waals surface area (Å²) in [5.74, 6) is 1.26. The number of carbonyl (C=O) groups is 2. The molecule has 1 unspecified atom stereocenters. The Bertz CT molecular complexity index is 582. The smallest absolute Gasteiger partial charge is 0.258 e. The normalized spacial score (nSPS) is 15.9. The van der Waals surface area contributed by atoms with E-state index >= 15 is 0 Å². The number of nitrogens with one attached hydrogen (secondary N) is 2. The zero-order chi connectivity index (χ0) is 18.8. The Morgan fingerprint density at radius 1 is 1.12 bits per heavy atom. The van der Waals surface area contributed by atoms with Crippen molar-refractivity contribution in [2.75, 3.05) is 19.7 Å². The van der Waals surface area contributed by atoms with Gasteiger partial charge in [0, 0.05) is 19.0 Å². The Morgan fingerprint density at radius 2 is 1.81 bits per heavy atom. The van der Waals surface area contributed by atoms with Crippen molar-refractivity contribution in [2.45, 2.75) is 58.3 Å². The summed E-state index contributed by atoms with van der Waals surface area (Å²) in [6.45, 7) is 5.16. The van der Waals surface area contributed by atoms with E-state index in [-0.39, 0.29) is 24.3 Å². The molecule has 0 heterocycles. The van der Waals surface area contributed by atoms with Crippen LogP contribution in [0.25, 0.3) is 0 Å². The molecular formula is C21H32N2O3. The van der Waals surface area contributed by atoms with Crippen LogP contribution in [0.2, 0.25) is 0 Å². The lowest BCUT2D eigenvalue weighted by Gasteiger charge is -2.20. The minimum absolute atomic E-state index is 0.00990. The third-order valence-corrected chi connectivity index (χ3v) is 5.14. The highest BCUT2D eigenvalue weighted by Crippen LogP contribution is 2.28. The van der Waals surface area contributed by atoms with Gasteiger partial charge in [-0.3, -0.25) is 9.59 Å². The van der Waals surface area contributed by atoms with Crippen molar-refractivity contribution < 1.29 is 14.3 Å². The van der Waals surface area contributed by atoms with Crippen LogP contribution >= 0.6 is 0 Å². The molecule has 2 amide bonds. The van der Waals surface area contributed by atoms with Crippen LogP contribution in [0.1, 0.15) is 63.9 Å². The molecular weight excluding hydrogens is 328 g/mol. The summed E-state index contributed by atoms with van der Waals surface area (Å²) in [5.41, 5.74) is 1.13. The first-order chi connectivity index (χ1) is 12.6. The number of rotatable bonds is 9. The first kappa shape index (κ1) is 20.3. The van der Waals surface area contributed by atoms with Gasteiger partial charge in [0.1, 0.15) is 5.75 Å². The zero-order valence-corrected chi connectivity index (χ0v) is 16.1. The highest BCUT2D eigenvalue weighted by molar-refractivity contribution is 5.79. The predicted molar refractivity (Wildman–Crippen MR) is 103 cm³/mol. The van der Waals surface area contributed by atoms with Crippen LogP contribution in [0.3, 0.4) is 0 Å². The number of carbonyl (C=O) groups excluding carboxylic acids is 2. The van der Waals surface area contributed by atoms with Crippen molar-refractivity contribution in [1.29, 1.82) is 0 Å². The molecule has 0 spiro atoms. The van der Waals surface area contributed by atoms with Gasteiger partial charge in [-0.1, -0.05) is 51.3 Å². The summed E-state index contributed by atoms with van der Waals surface area (Å²) in [6.07, 6.45) is 6.52. The summed E-state index contributed by atoms with van der Waals surface area (Å²) in [7, 11) is 0. The Hall–Kier alpha value is -2.04. The third kappa shape index (κ3) is 6.36. The number of hydrogen-bond acceptors (Lipinski definition) is 3. The van der Waals surface area contributed by atoms with Gasteiger partial charge in [0.05, 0.1) is 0 Å². The summed E-state index contributed by atoms with van der Waals surface area (Å²) >= 11 is 0. The van der Waals surface area contributed by atoms with E-state index in [9.17, 15) is 9.59 Å². The van der Waals surface area contributed by atoms with Gasteiger partial charge in [-0.2, -0.15) is 0 Å². The first-order valence-electron chi connectivity index (χ1n) is 9.88. The maximum absolute atomic E-state index is 12.0. The van der Waals surface area contributed by atoms with Gasteiger partial charge in [0.2, 0.25) is 5.91 Å². The summed E-state index contributed by atoms with van der Waals surface area (Å²) in [5, 5.41) is 5.71. The van der Waals surface area contributed by atoms with E-state index in [4.69, 9.17) is 4.74 Å². The molecule has 2 rings (SSSR count). The number of hydrogen-bond donors (Lipinski definition) is 2. The Labute approximate surface area is 156 Å². The minimum Gasteiger partial charge on any atom is -0.483 e. The lowest BCUT2D eigenvalue weighted by atomic mass is 9.89. The van der Waals surface area contributed by atoms with E-state index in [1.165, 1.54) is 6.42 Å². The van der Waals surface area contributed by atoms with Gasteiger partial charge >= 0.3 is 0 Å². The molecule has 1 aromatic carbocycles. The van der Waals surface area contributed by atoms with Gasteiger partial charge in [0.25, 0.3) is 5.91 Å². The van der Waals surface area contributed by atoms with E-state index in [0.717, 1.165) is 43.4 Å². The van der Waals surface area contributed by atoms with Crippen LogP contribution in [0.5, 0.6) is 5.75 Å². The minimum atomic E-state index is -0.170. The third-order valence-electron chi connectivity index (χ3n) is 5.14. The second-order valence-electron chi connectivity index (χ2n) is 7.11. The van der Waals surface area contributed by atoms with Gasteiger partial charge in [0.15, 0.2) is 6.61 Å². The van der Waals surface area contributed by atoms with Crippen molar-refractivity contribution in [3.8, 4) is 5.75 Å². The van der Waals surface area contributed by atoms with Gasteiger partial charge in [-0.15, -0.1) is 0 Å². The maximum atomic E-state index is 12.0. The molecule has 1 saturated carbocycles. The molecule has 0 radical (unpaired) electrons. The van der Waals surface area contributed by atoms with Crippen molar-refractivity contribution in [2.24, 2.45) is 5.92 Å². The average molecular weight is 360 g/mol. The lowest BCUT2D eigenvalue weighted by Crippen LogP contribution is -2.39. The number of amides is 2. The second-order valence-corrected chi connectivity index (χ2v) is 7.11. The first-order valence-corrected chi connectivity index (χ1v) is 9.88. The topological polar surface area (TPSA) is 67.4 Å². The summed E-state index contributed by atoms with van der Waals surface area (Å²) in [6, 6.07) is 7.85. The monoisotopic (exact) mass is 360 g/mol. The molecule has 0 saturated heterocycles. The van der Waals surface area contributed by atoms with Crippen LogP contribution in [0.15, 0.2) is 24.3 Å². The molecule has 26 heavy (non-hydrogen) atoms. The summed E-state index contributed by atoms with van der Waals surface area (Å²) in [4.78, 5) is 24.0. The fourth-order valence-corrected chi connectivity index (χ4v) is 3.33. The van der Waals surface area contributed by atoms with Crippen LogP contribution in [-0.4, -0.2) is 31.5 Å². The summed E-state index contributed by atoms with van der Waals surface area (Å²) < 4.78 is 5.70. The fraction of sp³-hybridized carbons (Fsp3) is 0.619. The van der Waals surface area contributed by atoms with E-state index in [2.05, 4.69) is 24.5 Å². The Kier molecular flexibility index (Phi) is 8.45. The highest BCUT2D eigenvalue weighted by Gasteiger charge is 2.20. The van der Waals surface area contributed by atoms with Crippen LogP contribution in [-0.2, 0) is 9.59 Å². The molecule has 0 bridgehead atoms.